The van der Waals surface area contributed by atoms with Gasteiger partial charge in [-0.3, -0.25) is 29.6 Å². The maximum absolute atomic E-state index is 12.6. The van der Waals surface area contributed by atoms with Crippen LogP contribution in [-0.2, 0) is 33.6 Å². The van der Waals surface area contributed by atoms with Crippen molar-refractivity contribution in [2.24, 2.45) is 0 Å². The van der Waals surface area contributed by atoms with Crippen molar-refractivity contribution in [3.05, 3.63) is 71.1 Å². The molecule has 35 heavy (non-hydrogen) atoms. The molecule has 1 aliphatic heterocycles. The number of nitrogens with one attached hydrogen (secondary N) is 2. The summed E-state index contributed by atoms with van der Waals surface area (Å²) in [5.74, 6) is 3.62. The fourth-order valence-corrected chi connectivity index (χ4v) is 3.58. The Hall–Kier alpha value is -3.97. The van der Waals surface area contributed by atoms with Crippen molar-refractivity contribution in [2.75, 3.05) is 7.05 Å². The van der Waals surface area contributed by atoms with Gasteiger partial charge >= 0.3 is 6.18 Å². The number of alkyl halides is 3. The van der Waals surface area contributed by atoms with E-state index < -0.39 is 23.8 Å². The molecule has 1 fully saturated rings. The van der Waals surface area contributed by atoms with Crippen molar-refractivity contribution in [1.82, 2.24) is 20.5 Å². The third kappa shape index (κ3) is 7.01. The summed E-state index contributed by atoms with van der Waals surface area (Å²) in [5.41, 5.74) is 1.69. The number of benzene rings is 1. The average Bonchev–Trinajstić information content (AvgIpc) is 2.81. The molecule has 1 aromatic carbocycles. The van der Waals surface area contributed by atoms with Crippen LogP contribution in [0.25, 0.3) is 6.08 Å². The van der Waals surface area contributed by atoms with Gasteiger partial charge in [0.15, 0.2) is 0 Å². The number of nitrogens with zero attached hydrogens (tertiary/aromatic N) is 2. The zero-order valence-corrected chi connectivity index (χ0v) is 18.9. The normalized spacial score (nSPS) is 15.7. The highest BCUT2D eigenvalue weighted by atomic mass is 19.4. The second-order valence-electron chi connectivity index (χ2n) is 7.98. The summed E-state index contributed by atoms with van der Waals surface area (Å²) < 4.78 is 37.7. The summed E-state index contributed by atoms with van der Waals surface area (Å²) >= 11 is 0. The third-order valence-corrected chi connectivity index (χ3v) is 5.42. The van der Waals surface area contributed by atoms with E-state index in [0.717, 1.165) is 35.0 Å². The van der Waals surface area contributed by atoms with Crippen molar-refractivity contribution >= 4 is 23.8 Å². The fraction of sp³-hybridized carbons (Fsp3) is 0.280. The van der Waals surface area contributed by atoms with E-state index in [1.165, 1.54) is 0 Å². The van der Waals surface area contributed by atoms with Gasteiger partial charge in [-0.05, 0) is 42.3 Å². The average molecular weight is 484 g/mol. The molecule has 0 saturated carbocycles. The molecule has 182 valence electrons. The molecule has 2 aromatic rings. The van der Waals surface area contributed by atoms with Crippen LogP contribution in [0.15, 0.2) is 43.1 Å². The Morgan fingerprint density at radius 1 is 1.31 bits per heavy atom. The van der Waals surface area contributed by atoms with E-state index in [-0.39, 0.29) is 30.3 Å². The van der Waals surface area contributed by atoms with Crippen molar-refractivity contribution in [3.8, 4) is 11.8 Å². The molecule has 7 nitrogen and oxygen atoms in total. The van der Waals surface area contributed by atoms with Crippen molar-refractivity contribution in [2.45, 2.75) is 38.1 Å². The number of imide groups is 1. The summed E-state index contributed by atoms with van der Waals surface area (Å²) in [6, 6.07) is 7.07. The smallest absolute Gasteiger partial charge is 0.341 e. The van der Waals surface area contributed by atoms with Crippen LogP contribution in [0.3, 0.4) is 0 Å². The fourth-order valence-electron chi connectivity index (χ4n) is 3.58. The Kier molecular flexibility index (Phi) is 8.04. The lowest BCUT2D eigenvalue weighted by Gasteiger charge is -2.30. The molecule has 2 heterocycles. The first-order valence-corrected chi connectivity index (χ1v) is 10.7. The van der Waals surface area contributed by atoms with Gasteiger partial charge in [-0.1, -0.05) is 36.8 Å². The predicted octanol–water partition coefficient (Wildman–Crippen LogP) is 2.65. The molecule has 1 atom stereocenters. The minimum absolute atomic E-state index is 0.172. The zero-order valence-electron chi connectivity index (χ0n) is 18.9. The van der Waals surface area contributed by atoms with Gasteiger partial charge in [0.25, 0.3) is 5.91 Å². The molecule has 2 N–H and O–H groups in total. The van der Waals surface area contributed by atoms with Crippen LogP contribution in [0.2, 0.25) is 0 Å². The van der Waals surface area contributed by atoms with E-state index in [9.17, 15) is 27.6 Å². The first-order chi connectivity index (χ1) is 16.6. The molecular formula is C25H23F3N4O3. The van der Waals surface area contributed by atoms with Crippen LogP contribution in [0, 0.1) is 11.8 Å². The van der Waals surface area contributed by atoms with Gasteiger partial charge in [0, 0.05) is 37.2 Å². The lowest BCUT2D eigenvalue weighted by atomic mass is 10.0. The summed E-state index contributed by atoms with van der Waals surface area (Å²) in [6.07, 6.45) is -1.17. The van der Waals surface area contributed by atoms with Crippen LogP contribution < -0.4 is 10.6 Å². The van der Waals surface area contributed by atoms with E-state index in [4.69, 9.17) is 0 Å². The lowest BCUT2D eigenvalue weighted by Crippen LogP contribution is -2.51. The molecular weight excluding hydrogens is 461 g/mol. The summed E-state index contributed by atoms with van der Waals surface area (Å²) in [6.45, 7) is 4.41. The Bertz CT molecular complexity index is 1200. The monoisotopic (exact) mass is 484 g/mol. The van der Waals surface area contributed by atoms with Crippen molar-refractivity contribution in [1.29, 1.82) is 0 Å². The van der Waals surface area contributed by atoms with Crippen molar-refractivity contribution in [3.63, 3.8) is 0 Å². The molecule has 0 radical (unpaired) electrons. The number of halogens is 3. The molecule has 10 heteroatoms. The Morgan fingerprint density at radius 3 is 2.71 bits per heavy atom. The zero-order chi connectivity index (χ0) is 25.6. The number of pyridine rings is 1. The van der Waals surface area contributed by atoms with E-state index >= 15 is 0 Å². The van der Waals surface area contributed by atoms with E-state index in [1.807, 2.05) is 23.1 Å². The topological polar surface area (TPSA) is 91.4 Å². The second kappa shape index (κ2) is 11.0. The first kappa shape index (κ1) is 25.6. The predicted molar refractivity (Wildman–Crippen MR) is 122 cm³/mol. The Labute approximate surface area is 200 Å². The van der Waals surface area contributed by atoms with Gasteiger partial charge in [-0.25, -0.2) is 0 Å². The van der Waals surface area contributed by atoms with E-state index in [2.05, 4.69) is 34.0 Å². The highest BCUT2D eigenvalue weighted by molar-refractivity contribution is 6.00. The SMILES string of the molecule is C=Cc1ccc(CNC(=O)C#Cc2ccc(C(F)(F)F)nc2)cc1CN(C)C1CCC(=O)NC1=O. The molecule has 1 aliphatic rings. The number of aromatic nitrogens is 1. The number of rotatable bonds is 6. The number of hydrogen-bond acceptors (Lipinski definition) is 5. The van der Waals surface area contributed by atoms with Crippen LogP contribution in [0.4, 0.5) is 13.2 Å². The van der Waals surface area contributed by atoms with Crippen LogP contribution in [-0.4, -0.2) is 40.7 Å². The number of carbonyl (C=O) groups excluding carboxylic acids is 3. The van der Waals surface area contributed by atoms with Gasteiger partial charge in [0.05, 0.1) is 6.04 Å². The minimum atomic E-state index is -4.54. The van der Waals surface area contributed by atoms with Gasteiger partial charge in [0.1, 0.15) is 5.69 Å². The van der Waals surface area contributed by atoms with Crippen LogP contribution in [0.5, 0.6) is 0 Å². The maximum atomic E-state index is 12.6. The van der Waals surface area contributed by atoms with Gasteiger partial charge < -0.3 is 5.32 Å². The largest absolute Gasteiger partial charge is 0.433 e. The molecule has 3 amide bonds. The quantitative estimate of drug-likeness (QED) is 0.486. The number of likely N-dealkylation sites (N-methyl/N-ethyl adjacent to an activating group) is 1. The summed E-state index contributed by atoms with van der Waals surface area (Å²) in [4.78, 5) is 40.8. The molecule has 0 bridgehead atoms. The number of hydrogen-bond donors (Lipinski definition) is 2. The maximum Gasteiger partial charge on any atom is 0.433 e. The number of amides is 3. The molecule has 1 saturated heterocycles. The number of piperidine rings is 1. The standard InChI is InChI=1S/C25H23F3N4O3/c1-3-18-7-4-17(12-19(18)15-32(2)20-8-11-23(34)31-24(20)35)14-30-22(33)10-6-16-5-9-21(29-13-16)25(26,27)28/h3-5,7,9,12-13,20H,1,8,11,14-15H2,2H3,(H,30,33)(H,31,34,35). The van der Waals surface area contributed by atoms with Gasteiger partial charge in [-0.15, -0.1) is 0 Å². The molecule has 0 spiro atoms. The molecule has 1 aromatic heterocycles. The van der Waals surface area contributed by atoms with Crippen LogP contribution in [0.1, 0.15) is 40.8 Å². The van der Waals surface area contributed by atoms with E-state index in [1.54, 1.807) is 13.1 Å². The van der Waals surface area contributed by atoms with Gasteiger partial charge in [-0.2, -0.15) is 13.2 Å². The Balaban J connectivity index is 1.62. The number of carbonyl (C=O) groups is 3. The minimum Gasteiger partial charge on any atom is -0.341 e. The molecule has 3 rings (SSSR count). The summed E-state index contributed by atoms with van der Waals surface area (Å²) in [7, 11) is 1.80. The first-order valence-electron chi connectivity index (χ1n) is 10.7. The Morgan fingerprint density at radius 2 is 2.09 bits per heavy atom. The second-order valence-corrected chi connectivity index (χ2v) is 7.98. The molecule has 0 aliphatic carbocycles. The van der Waals surface area contributed by atoms with E-state index in [0.29, 0.717) is 13.0 Å². The van der Waals surface area contributed by atoms with Crippen molar-refractivity contribution < 1.29 is 27.6 Å². The lowest BCUT2D eigenvalue weighted by molar-refractivity contribution is -0.141. The third-order valence-electron chi connectivity index (χ3n) is 5.42. The highest BCUT2D eigenvalue weighted by Crippen LogP contribution is 2.27. The highest BCUT2D eigenvalue weighted by Gasteiger charge is 2.32. The van der Waals surface area contributed by atoms with Crippen LogP contribution >= 0.6 is 0 Å². The molecule has 1 unspecified atom stereocenters. The van der Waals surface area contributed by atoms with Gasteiger partial charge in [0.2, 0.25) is 11.8 Å². The summed E-state index contributed by atoms with van der Waals surface area (Å²) in [5, 5.41) is 4.99.